The van der Waals surface area contributed by atoms with Crippen molar-refractivity contribution in [3.8, 4) is 0 Å². The highest BCUT2D eigenvalue weighted by molar-refractivity contribution is 5.94. The van der Waals surface area contributed by atoms with Gasteiger partial charge in [0.15, 0.2) is 5.69 Å². The van der Waals surface area contributed by atoms with Gasteiger partial charge in [0.25, 0.3) is 5.91 Å². The SMILES string of the molecule is O=C(NC1CCN(C2CCCCC2O)CC1)c1n[nH]c2c1CCCC2. The molecule has 2 fully saturated rings. The van der Waals surface area contributed by atoms with Crippen LogP contribution < -0.4 is 5.32 Å². The highest BCUT2D eigenvalue weighted by Gasteiger charge is 2.32. The fourth-order valence-corrected chi connectivity index (χ4v) is 4.82. The maximum atomic E-state index is 12.6. The highest BCUT2D eigenvalue weighted by Crippen LogP contribution is 2.26. The van der Waals surface area contributed by atoms with E-state index < -0.39 is 0 Å². The molecule has 25 heavy (non-hydrogen) atoms. The number of hydrogen-bond donors (Lipinski definition) is 3. The Morgan fingerprint density at radius 1 is 1.08 bits per heavy atom. The number of likely N-dealkylation sites (tertiary alicyclic amines) is 1. The number of aromatic amines is 1. The molecule has 2 atom stereocenters. The van der Waals surface area contributed by atoms with Gasteiger partial charge in [0.2, 0.25) is 0 Å². The second kappa shape index (κ2) is 7.46. The number of nitrogens with zero attached hydrogens (tertiary/aromatic N) is 2. The molecular formula is C19H30N4O2. The number of aromatic nitrogens is 2. The van der Waals surface area contributed by atoms with E-state index in [1.165, 1.54) is 12.8 Å². The van der Waals surface area contributed by atoms with Crippen molar-refractivity contribution >= 4 is 5.91 Å². The van der Waals surface area contributed by atoms with Crippen molar-refractivity contribution in [1.82, 2.24) is 20.4 Å². The molecule has 2 aliphatic carbocycles. The van der Waals surface area contributed by atoms with Crippen LogP contribution in [0.5, 0.6) is 0 Å². The molecule has 0 radical (unpaired) electrons. The van der Waals surface area contributed by atoms with Gasteiger partial charge in [-0.1, -0.05) is 12.8 Å². The molecule has 1 saturated heterocycles. The van der Waals surface area contributed by atoms with Gasteiger partial charge in [0.05, 0.1) is 6.10 Å². The Hall–Kier alpha value is -1.40. The first-order valence-electron chi connectivity index (χ1n) is 10.0. The van der Waals surface area contributed by atoms with Crippen LogP contribution in [-0.4, -0.2) is 57.4 Å². The number of rotatable bonds is 3. The molecule has 0 aromatic carbocycles. The lowest BCUT2D eigenvalue weighted by molar-refractivity contribution is 0.00726. The van der Waals surface area contributed by atoms with Crippen LogP contribution in [0.15, 0.2) is 0 Å². The van der Waals surface area contributed by atoms with E-state index in [1.54, 1.807) is 0 Å². The zero-order valence-electron chi connectivity index (χ0n) is 15.0. The maximum Gasteiger partial charge on any atom is 0.272 e. The van der Waals surface area contributed by atoms with E-state index >= 15 is 0 Å². The summed E-state index contributed by atoms with van der Waals surface area (Å²) in [6.45, 7) is 1.93. The molecule has 2 unspecified atom stereocenters. The molecule has 4 rings (SSSR count). The van der Waals surface area contributed by atoms with Gasteiger partial charge < -0.3 is 10.4 Å². The average Bonchev–Trinajstić information content (AvgIpc) is 3.07. The molecule has 3 N–H and O–H groups in total. The van der Waals surface area contributed by atoms with Crippen molar-refractivity contribution in [1.29, 1.82) is 0 Å². The number of hydrogen-bond acceptors (Lipinski definition) is 4. The second-order valence-corrected chi connectivity index (χ2v) is 7.94. The van der Waals surface area contributed by atoms with Gasteiger partial charge in [-0.3, -0.25) is 14.8 Å². The summed E-state index contributed by atoms with van der Waals surface area (Å²) in [5.74, 6) is -0.0180. The van der Waals surface area contributed by atoms with Crippen molar-refractivity contribution in [2.24, 2.45) is 0 Å². The van der Waals surface area contributed by atoms with E-state index in [4.69, 9.17) is 0 Å². The number of carbonyl (C=O) groups is 1. The Morgan fingerprint density at radius 3 is 2.64 bits per heavy atom. The predicted molar refractivity (Wildman–Crippen MR) is 95.6 cm³/mol. The summed E-state index contributed by atoms with van der Waals surface area (Å²) in [5, 5.41) is 20.8. The quantitative estimate of drug-likeness (QED) is 0.779. The molecule has 1 amide bonds. The Kier molecular flexibility index (Phi) is 5.08. The predicted octanol–water partition coefficient (Wildman–Crippen LogP) is 1.79. The van der Waals surface area contributed by atoms with Crippen LogP contribution in [0, 0.1) is 0 Å². The summed E-state index contributed by atoms with van der Waals surface area (Å²) >= 11 is 0. The van der Waals surface area contributed by atoms with Crippen molar-refractivity contribution in [2.75, 3.05) is 13.1 Å². The van der Waals surface area contributed by atoms with Crippen LogP contribution in [0.3, 0.4) is 0 Å². The summed E-state index contributed by atoms with van der Waals surface area (Å²) in [7, 11) is 0. The Morgan fingerprint density at radius 2 is 1.84 bits per heavy atom. The number of amides is 1. The minimum atomic E-state index is -0.171. The van der Waals surface area contributed by atoms with Gasteiger partial charge in [0, 0.05) is 36.4 Å². The van der Waals surface area contributed by atoms with E-state index in [2.05, 4.69) is 20.4 Å². The van der Waals surface area contributed by atoms with Crippen LogP contribution in [0.1, 0.15) is 73.1 Å². The van der Waals surface area contributed by atoms with Crippen molar-refractivity contribution in [2.45, 2.75) is 82.4 Å². The van der Waals surface area contributed by atoms with Gasteiger partial charge in [-0.25, -0.2) is 0 Å². The van der Waals surface area contributed by atoms with E-state index in [-0.39, 0.29) is 18.1 Å². The van der Waals surface area contributed by atoms with Crippen LogP contribution in [0.2, 0.25) is 0 Å². The van der Waals surface area contributed by atoms with Crippen molar-refractivity contribution in [3.63, 3.8) is 0 Å². The van der Waals surface area contributed by atoms with E-state index in [0.717, 1.165) is 75.7 Å². The minimum absolute atomic E-state index is 0.0180. The third kappa shape index (κ3) is 3.60. The van der Waals surface area contributed by atoms with E-state index in [9.17, 15) is 9.90 Å². The molecule has 0 spiro atoms. The number of aliphatic hydroxyl groups excluding tert-OH is 1. The average molecular weight is 346 g/mol. The lowest BCUT2D eigenvalue weighted by Crippen LogP contribution is -2.52. The summed E-state index contributed by atoms with van der Waals surface area (Å²) in [4.78, 5) is 15.1. The van der Waals surface area contributed by atoms with Crippen LogP contribution in [0.25, 0.3) is 0 Å². The number of nitrogens with one attached hydrogen (secondary N) is 2. The number of carbonyl (C=O) groups excluding carboxylic acids is 1. The molecule has 3 aliphatic rings. The summed E-state index contributed by atoms with van der Waals surface area (Å²) in [6, 6.07) is 0.546. The summed E-state index contributed by atoms with van der Waals surface area (Å²) in [5.41, 5.74) is 2.89. The third-order valence-corrected chi connectivity index (χ3v) is 6.30. The molecule has 2 heterocycles. The second-order valence-electron chi connectivity index (χ2n) is 7.94. The molecule has 1 aromatic heterocycles. The van der Waals surface area contributed by atoms with E-state index in [1.807, 2.05) is 0 Å². The lowest BCUT2D eigenvalue weighted by atomic mass is 9.89. The van der Waals surface area contributed by atoms with Gasteiger partial charge in [0.1, 0.15) is 0 Å². The zero-order valence-corrected chi connectivity index (χ0v) is 15.0. The molecule has 6 heteroatoms. The molecule has 6 nitrogen and oxygen atoms in total. The standard InChI is InChI=1S/C19H30N4O2/c24-17-8-4-3-7-16(17)23-11-9-13(10-12-23)20-19(25)18-14-5-1-2-6-15(14)21-22-18/h13,16-17,24H,1-12H2,(H,20,25)(H,21,22). The Balaban J connectivity index is 1.31. The zero-order chi connectivity index (χ0) is 17.2. The monoisotopic (exact) mass is 346 g/mol. The van der Waals surface area contributed by atoms with E-state index in [0.29, 0.717) is 11.7 Å². The molecule has 138 valence electrons. The van der Waals surface area contributed by atoms with Gasteiger partial charge >= 0.3 is 0 Å². The number of fused-ring (bicyclic) bond motifs is 1. The number of piperidine rings is 1. The fraction of sp³-hybridized carbons (Fsp3) is 0.789. The molecular weight excluding hydrogens is 316 g/mol. The van der Waals surface area contributed by atoms with Crippen molar-refractivity contribution < 1.29 is 9.90 Å². The maximum absolute atomic E-state index is 12.6. The molecule has 1 saturated carbocycles. The number of H-pyrrole nitrogens is 1. The van der Waals surface area contributed by atoms with Crippen molar-refractivity contribution in [3.05, 3.63) is 17.0 Å². The summed E-state index contributed by atoms with van der Waals surface area (Å²) in [6.07, 6.45) is 10.5. The third-order valence-electron chi connectivity index (χ3n) is 6.30. The summed E-state index contributed by atoms with van der Waals surface area (Å²) < 4.78 is 0. The normalized spacial score (nSPS) is 28.5. The molecule has 1 aliphatic heterocycles. The highest BCUT2D eigenvalue weighted by atomic mass is 16.3. The largest absolute Gasteiger partial charge is 0.391 e. The Labute approximate surface area is 149 Å². The Bertz CT molecular complexity index is 607. The fourth-order valence-electron chi connectivity index (χ4n) is 4.82. The van der Waals surface area contributed by atoms with Gasteiger partial charge in [-0.05, 0) is 51.4 Å². The number of aryl methyl sites for hydroxylation is 1. The first kappa shape index (κ1) is 17.0. The number of aliphatic hydroxyl groups is 1. The first-order chi connectivity index (χ1) is 12.2. The van der Waals surface area contributed by atoms with Crippen LogP contribution in [0.4, 0.5) is 0 Å². The topological polar surface area (TPSA) is 81.2 Å². The van der Waals surface area contributed by atoms with Gasteiger partial charge in [-0.15, -0.1) is 0 Å². The van der Waals surface area contributed by atoms with Gasteiger partial charge in [-0.2, -0.15) is 5.10 Å². The van der Waals surface area contributed by atoms with Crippen LogP contribution in [-0.2, 0) is 12.8 Å². The smallest absolute Gasteiger partial charge is 0.272 e. The molecule has 0 bridgehead atoms. The minimum Gasteiger partial charge on any atom is -0.391 e. The first-order valence-corrected chi connectivity index (χ1v) is 10.0. The lowest BCUT2D eigenvalue weighted by Gasteiger charge is -2.41. The van der Waals surface area contributed by atoms with Crippen LogP contribution >= 0.6 is 0 Å². The molecule has 1 aromatic rings.